The van der Waals surface area contributed by atoms with Crippen LogP contribution in [0.1, 0.15) is 13.8 Å². The molecule has 0 N–H and O–H groups in total. The fourth-order valence-electron chi connectivity index (χ4n) is 0.437. The van der Waals surface area contributed by atoms with Crippen molar-refractivity contribution in [3.8, 4) is 0 Å². The second-order valence-electron chi connectivity index (χ2n) is 1.94. The van der Waals surface area contributed by atoms with Gasteiger partial charge in [0.05, 0.1) is 0 Å². The smallest absolute Gasteiger partial charge is 0.0444 e. The van der Waals surface area contributed by atoms with Crippen LogP contribution in [0.2, 0.25) is 0 Å². The summed E-state index contributed by atoms with van der Waals surface area (Å²) in [6.45, 7) is 4.20. The van der Waals surface area contributed by atoms with Crippen LogP contribution in [0.3, 0.4) is 0 Å². The predicted molar refractivity (Wildman–Crippen MR) is 61.8 cm³/mol. The van der Waals surface area contributed by atoms with Crippen molar-refractivity contribution in [2.24, 2.45) is 0 Å². The van der Waals surface area contributed by atoms with Crippen molar-refractivity contribution in [2.75, 3.05) is 11.5 Å². The van der Waals surface area contributed by atoms with E-state index in [1.807, 2.05) is 23.5 Å². The Hall–Kier alpha value is 1.40. The standard InChI is InChI=1S/C6H14S4/c1-5(7)9-3-4-10-6(2)8/h5-8H,3-4H2,1-2H3. The van der Waals surface area contributed by atoms with Crippen molar-refractivity contribution in [2.45, 2.75) is 23.0 Å². The minimum atomic E-state index is 0.468. The summed E-state index contributed by atoms with van der Waals surface area (Å²) < 4.78 is 0.937. The molecule has 2 unspecified atom stereocenters. The van der Waals surface area contributed by atoms with Gasteiger partial charge >= 0.3 is 0 Å². The number of thiol groups is 2. The summed E-state index contributed by atoms with van der Waals surface area (Å²) >= 11 is 12.3. The van der Waals surface area contributed by atoms with Gasteiger partial charge in [-0.3, -0.25) is 0 Å². The van der Waals surface area contributed by atoms with Crippen molar-refractivity contribution in [3.63, 3.8) is 0 Å². The molecule has 0 heterocycles. The highest BCUT2D eigenvalue weighted by molar-refractivity contribution is 8.13. The Balaban J connectivity index is 2.91. The van der Waals surface area contributed by atoms with Crippen LogP contribution in [0, 0.1) is 0 Å². The average Bonchev–Trinajstić information content (AvgIpc) is 1.79. The lowest BCUT2D eigenvalue weighted by atomic mass is 10.9. The van der Waals surface area contributed by atoms with Crippen molar-refractivity contribution < 1.29 is 0 Å². The van der Waals surface area contributed by atoms with Gasteiger partial charge in [0.15, 0.2) is 0 Å². The van der Waals surface area contributed by atoms with Gasteiger partial charge in [0.25, 0.3) is 0 Å². The topological polar surface area (TPSA) is 0 Å². The number of rotatable bonds is 5. The molecule has 0 nitrogen and oxygen atoms in total. The quantitative estimate of drug-likeness (QED) is 0.410. The molecule has 0 spiro atoms. The summed E-state index contributed by atoms with van der Waals surface area (Å²) in [6, 6.07) is 0. The van der Waals surface area contributed by atoms with Gasteiger partial charge in [0, 0.05) is 20.7 Å². The maximum absolute atomic E-state index is 4.26. The van der Waals surface area contributed by atoms with E-state index in [4.69, 9.17) is 0 Å². The summed E-state index contributed by atoms with van der Waals surface area (Å²) in [4.78, 5) is 0. The molecule has 0 aromatic carbocycles. The monoisotopic (exact) mass is 214 g/mol. The predicted octanol–water partition coefficient (Wildman–Crippen LogP) is 3.00. The van der Waals surface area contributed by atoms with E-state index in [-0.39, 0.29) is 0 Å². The Morgan fingerprint density at radius 1 is 1.00 bits per heavy atom. The highest BCUT2D eigenvalue weighted by Gasteiger charge is 1.96. The van der Waals surface area contributed by atoms with Crippen molar-refractivity contribution in [1.82, 2.24) is 0 Å². The van der Waals surface area contributed by atoms with Crippen LogP contribution in [0.4, 0.5) is 0 Å². The normalized spacial score (nSPS) is 16.8. The van der Waals surface area contributed by atoms with Gasteiger partial charge in [-0.05, 0) is 13.8 Å². The zero-order valence-corrected chi connectivity index (χ0v) is 9.70. The molecule has 0 amide bonds. The maximum atomic E-state index is 4.26. The van der Waals surface area contributed by atoms with E-state index >= 15 is 0 Å². The second-order valence-corrected chi connectivity index (χ2v) is 7.09. The highest BCUT2D eigenvalue weighted by Crippen LogP contribution is 2.18. The van der Waals surface area contributed by atoms with Crippen LogP contribution >= 0.6 is 48.8 Å². The van der Waals surface area contributed by atoms with Crippen LogP contribution in [-0.4, -0.2) is 20.7 Å². The molecule has 0 aromatic heterocycles. The van der Waals surface area contributed by atoms with Crippen LogP contribution < -0.4 is 0 Å². The Morgan fingerprint density at radius 2 is 1.30 bits per heavy atom. The van der Waals surface area contributed by atoms with Crippen LogP contribution in [0.5, 0.6) is 0 Å². The summed E-state index contributed by atoms with van der Waals surface area (Å²) in [5.41, 5.74) is 0. The third-order valence-electron chi connectivity index (χ3n) is 0.801. The fourth-order valence-corrected chi connectivity index (χ4v) is 2.52. The summed E-state index contributed by atoms with van der Waals surface area (Å²) in [5, 5.41) is 0. The van der Waals surface area contributed by atoms with Gasteiger partial charge in [-0.2, -0.15) is 25.3 Å². The third-order valence-corrected chi connectivity index (χ3v) is 3.80. The van der Waals surface area contributed by atoms with E-state index in [0.717, 1.165) is 0 Å². The number of hydrogen-bond acceptors (Lipinski definition) is 4. The largest absolute Gasteiger partial charge is 0.165 e. The molecule has 0 saturated heterocycles. The Morgan fingerprint density at radius 3 is 1.50 bits per heavy atom. The number of thioether (sulfide) groups is 2. The molecule has 0 radical (unpaired) electrons. The zero-order valence-electron chi connectivity index (χ0n) is 6.28. The molecule has 4 heteroatoms. The van der Waals surface area contributed by atoms with Crippen LogP contribution in [0.15, 0.2) is 0 Å². The fraction of sp³-hybridized carbons (Fsp3) is 1.00. The molecule has 0 aromatic rings. The van der Waals surface area contributed by atoms with Crippen molar-refractivity contribution in [3.05, 3.63) is 0 Å². The van der Waals surface area contributed by atoms with Gasteiger partial charge in [0.2, 0.25) is 0 Å². The van der Waals surface area contributed by atoms with E-state index in [1.54, 1.807) is 0 Å². The first-order chi connectivity index (χ1) is 4.63. The Bertz CT molecular complexity index is 62.1. The minimum absolute atomic E-state index is 0.468. The molecule has 0 aliphatic carbocycles. The molecular formula is C6H14S4. The van der Waals surface area contributed by atoms with Crippen LogP contribution in [0.25, 0.3) is 0 Å². The average molecular weight is 214 g/mol. The molecule has 0 aliphatic rings. The molecule has 0 bridgehead atoms. The van der Waals surface area contributed by atoms with Gasteiger partial charge in [-0.1, -0.05) is 0 Å². The van der Waals surface area contributed by atoms with Crippen molar-refractivity contribution >= 4 is 48.8 Å². The molecule has 0 fully saturated rings. The Labute approximate surface area is 83.1 Å². The van der Waals surface area contributed by atoms with E-state index in [1.165, 1.54) is 11.5 Å². The Kier molecular flexibility index (Phi) is 8.06. The summed E-state index contributed by atoms with van der Waals surface area (Å²) in [7, 11) is 0. The van der Waals surface area contributed by atoms with Gasteiger partial charge in [-0.15, -0.1) is 23.5 Å². The molecule has 2 atom stereocenters. The van der Waals surface area contributed by atoms with Gasteiger partial charge in [-0.25, -0.2) is 0 Å². The lowest BCUT2D eigenvalue weighted by Gasteiger charge is -2.04. The van der Waals surface area contributed by atoms with Crippen molar-refractivity contribution in [1.29, 1.82) is 0 Å². The molecule has 62 valence electrons. The zero-order chi connectivity index (χ0) is 7.98. The second kappa shape index (κ2) is 7.07. The summed E-state index contributed by atoms with van der Waals surface area (Å²) in [5.74, 6) is 2.36. The molecule has 0 rings (SSSR count). The minimum Gasteiger partial charge on any atom is -0.165 e. The van der Waals surface area contributed by atoms with Gasteiger partial charge in [0.1, 0.15) is 0 Å². The van der Waals surface area contributed by atoms with E-state index in [9.17, 15) is 0 Å². The lowest BCUT2D eigenvalue weighted by Crippen LogP contribution is -1.92. The maximum Gasteiger partial charge on any atom is 0.0444 e. The first kappa shape index (κ1) is 11.4. The first-order valence-electron chi connectivity index (χ1n) is 3.22. The highest BCUT2D eigenvalue weighted by atomic mass is 32.2. The van der Waals surface area contributed by atoms with E-state index < -0.39 is 0 Å². The van der Waals surface area contributed by atoms with E-state index in [2.05, 4.69) is 39.1 Å². The lowest BCUT2D eigenvalue weighted by molar-refractivity contribution is 1.39. The van der Waals surface area contributed by atoms with E-state index in [0.29, 0.717) is 9.16 Å². The molecule has 0 saturated carbocycles. The number of hydrogen-bond donors (Lipinski definition) is 2. The third kappa shape index (κ3) is 9.40. The first-order valence-corrected chi connectivity index (χ1v) is 6.35. The van der Waals surface area contributed by atoms with Gasteiger partial charge < -0.3 is 0 Å². The molecular weight excluding hydrogens is 200 g/mol. The van der Waals surface area contributed by atoms with Crippen LogP contribution in [-0.2, 0) is 0 Å². The molecule has 0 aliphatic heterocycles. The SMILES string of the molecule is CC(S)SCCSC(C)S. The summed E-state index contributed by atoms with van der Waals surface area (Å²) in [6.07, 6.45) is 0. The molecule has 10 heavy (non-hydrogen) atoms.